The molecular weight excluding hydrogens is 163 g/mol. The second-order valence-corrected chi connectivity index (χ2v) is 4.52. The lowest BCUT2D eigenvalue weighted by Gasteiger charge is -2.20. The van der Waals surface area contributed by atoms with E-state index in [1.807, 2.05) is 6.92 Å². The normalized spacial score (nSPS) is 18.2. The smallest absolute Gasteiger partial charge is 0.0920 e. The van der Waals surface area contributed by atoms with Gasteiger partial charge in [0.2, 0.25) is 0 Å². The van der Waals surface area contributed by atoms with Gasteiger partial charge in [-0.15, -0.1) is 0 Å². The highest BCUT2D eigenvalue weighted by atomic mass is 19.1. The van der Waals surface area contributed by atoms with Gasteiger partial charge in [-0.2, -0.15) is 0 Å². The van der Waals surface area contributed by atoms with Gasteiger partial charge in [-0.25, -0.2) is 0 Å². The topological polar surface area (TPSA) is 0 Å². The molecule has 0 amide bonds. The third-order valence-electron chi connectivity index (χ3n) is 3.01. The second-order valence-electron chi connectivity index (χ2n) is 4.52. The van der Waals surface area contributed by atoms with E-state index >= 15 is 0 Å². The number of hydrogen-bond acceptors (Lipinski definition) is 0. The highest BCUT2D eigenvalue weighted by Gasteiger charge is 2.13. The van der Waals surface area contributed by atoms with Crippen molar-refractivity contribution in [2.75, 3.05) is 6.67 Å². The van der Waals surface area contributed by atoms with Gasteiger partial charge in [0, 0.05) is 0 Å². The molecule has 0 aliphatic rings. The van der Waals surface area contributed by atoms with Crippen LogP contribution in [0.4, 0.5) is 4.39 Å². The summed E-state index contributed by atoms with van der Waals surface area (Å²) in [7, 11) is 0. The molecule has 0 aromatic carbocycles. The Kier molecular flexibility index (Phi) is 7.31. The van der Waals surface area contributed by atoms with Gasteiger partial charge in [-0.05, 0) is 30.6 Å². The molecule has 80 valence electrons. The van der Waals surface area contributed by atoms with Crippen molar-refractivity contribution in [2.45, 2.75) is 53.4 Å². The van der Waals surface area contributed by atoms with Gasteiger partial charge >= 0.3 is 0 Å². The van der Waals surface area contributed by atoms with Crippen LogP contribution in [0.15, 0.2) is 0 Å². The average Bonchev–Trinajstić information content (AvgIpc) is 2.16. The Labute approximate surface area is 82.9 Å². The second kappa shape index (κ2) is 7.34. The predicted molar refractivity (Wildman–Crippen MR) is 57.6 cm³/mol. The first-order valence-corrected chi connectivity index (χ1v) is 5.69. The molecule has 0 saturated heterocycles. The lowest BCUT2D eigenvalue weighted by Crippen LogP contribution is -2.10. The van der Waals surface area contributed by atoms with Crippen LogP contribution < -0.4 is 0 Å². The quantitative estimate of drug-likeness (QED) is 0.554. The lowest BCUT2D eigenvalue weighted by molar-refractivity contribution is 0.274. The SMILES string of the molecule is CCC(C)CC(CC)CC(C)CF. The van der Waals surface area contributed by atoms with E-state index in [0.29, 0.717) is 0 Å². The summed E-state index contributed by atoms with van der Waals surface area (Å²) in [4.78, 5) is 0. The van der Waals surface area contributed by atoms with Gasteiger partial charge < -0.3 is 0 Å². The fourth-order valence-electron chi connectivity index (χ4n) is 1.80. The van der Waals surface area contributed by atoms with E-state index in [-0.39, 0.29) is 12.6 Å². The van der Waals surface area contributed by atoms with E-state index in [9.17, 15) is 4.39 Å². The Hall–Kier alpha value is -0.0700. The van der Waals surface area contributed by atoms with Crippen LogP contribution in [0, 0.1) is 17.8 Å². The summed E-state index contributed by atoms with van der Waals surface area (Å²) in [6, 6.07) is 0. The summed E-state index contributed by atoms with van der Waals surface area (Å²) < 4.78 is 12.3. The summed E-state index contributed by atoms with van der Waals surface area (Å²) in [5, 5.41) is 0. The lowest BCUT2D eigenvalue weighted by atomic mass is 9.86. The minimum absolute atomic E-state index is 0.156. The monoisotopic (exact) mass is 188 g/mol. The van der Waals surface area contributed by atoms with Gasteiger partial charge in [0.25, 0.3) is 0 Å². The average molecular weight is 188 g/mol. The number of alkyl halides is 1. The number of rotatable bonds is 7. The van der Waals surface area contributed by atoms with Crippen molar-refractivity contribution in [1.29, 1.82) is 0 Å². The first kappa shape index (κ1) is 12.9. The summed E-state index contributed by atoms with van der Waals surface area (Å²) in [6.45, 7) is 8.60. The minimum atomic E-state index is -0.156. The molecule has 13 heavy (non-hydrogen) atoms. The maximum Gasteiger partial charge on any atom is 0.0920 e. The van der Waals surface area contributed by atoms with Crippen molar-refractivity contribution >= 4 is 0 Å². The molecule has 3 unspecified atom stereocenters. The van der Waals surface area contributed by atoms with E-state index in [2.05, 4.69) is 20.8 Å². The van der Waals surface area contributed by atoms with Crippen molar-refractivity contribution in [3.05, 3.63) is 0 Å². The molecular formula is C12H25F. The molecule has 0 heterocycles. The molecule has 0 radical (unpaired) electrons. The van der Waals surface area contributed by atoms with E-state index < -0.39 is 0 Å². The first-order chi connectivity index (χ1) is 6.13. The first-order valence-electron chi connectivity index (χ1n) is 5.69. The molecule has 0 fully saturated rings. The fraction of sp³-hybridized carbons (Fsp3) is 1.00. The molecule has 0 saturated carbocycles. The fourth-order valence-corrected chi connectivity index (χ4v) is 1.80. The summed E-state index contributed by atoms with van der Waals surface area (Å²) in [6.07, 6.45) is 4.80. The Morgan fingerprint density at radius 1 is 0.923 bits per heavy atom. The molecule has 0 N–H and O–H groups in total. The molecule has 0 aliphatic heterocycles. The van der Waals surface area contributed by atoms with Crippen LogP contribution in [0.25, 0.3) is 0 Å². The standard InChI is InChI=1S/C12H25F/c1-5-10(3)7-12(6-2)8-11(4)9-13/h10-12H,5-9H2,1-4H3. The Morgan fingerprint density at radius 2 is 1.46 bits per heavy atom. The van der Waals surface area contributed by atoms with Crippen LogP contribution in [0.3, 0.4) is 0 Å². The molecule has 0 rings (SSSR count). The summed E-state index contributed by atoms with van der Waals surface area (Å²) in [5.74, 6) is 1.80. The Balaban J connectivity index is 3.74. The zero-order valence-corrected chi connectivity index (χ0v) is 9.65. The van der Waals surface area contributed by atoms with Crippen LogP contribution in [-0.2, 0) is 0 Å². The minimum Gasteiger partial charge on any atom is -0.251 e. The van der Waals surface area contributed by atoms with Gasteiger partial charge in [-0.3, -0.25) is 4.39 Å². The van der Waals surface area contributed by atoms with Gasteiger partial charge in [-0.1, -0.05) is 40.5 Å². The maximum absolute atomic E-state index is 12.3. The van der Waals surface area contributed by atoms with Crippen LogP contribution in [-0.4, -0.2) is 6.67 Å². The molecule has 3 atom stereocenters. The third kappa shape index (κ3) is 6.06. The predicted octanol–water partition coefficient (Wildman–Crippen LogP) is 4.44. The largest absolute Gasteiger partial charge is 0.251 e. The van der Waals surface area contributed by atoms with E-state index in [1.165, 1.54) is 19.3 Å². The highest BCUT2D eigenvalue weighted by molar-refractivity contribution is 4.65. The van der Waals surface area contributed by atoms with Crippen molar-refractivity contribution in [3.63, 3.8) is 0 Å². The van der Waals surface area contributed by atoms with E-state index in [0.717, 1.165) is 18.3 Å². The molecule has 0 aromatic heterocycles. The summed E-state index contributed by atoms with van der Waals surface area (Å²) >= 11 is 0. The van der Waals surface area contributed by atoms with Crippen molar-refractivity contribution < 1.29 is 4.39 Å². The van der Waals surface area contributed by atoms with Crippen molar-refractivity contribution in [3.8, 4) is 0 Å². The molecule has 0 nitrogen and oxygen atoms in total. The molecule has 0 aliphatic carbocycles. The Bertz CT molecular complexity index is 99.7. The zero-order valence-electron chi connectivity index (χ0n) is 9.65. The molecule has 0 spiro atoms. The van der Waals surface area contributed by atoms with Gasteiger partial charge in [0.05, 0.1) is 6.67 Å². The molecule has 0 aromatic rings. The zero-order chi connectivity index (χ0) is 10.3. The van der Waals surface area contributed by atoms with Gasteiger partial charge in [0.1, 0.15) is 0 Å². The highest BCUT2D eigenvalue weighted by Crippen LogP contribution is 2.24. The maximum atomic E-state index is 12.3. The third-order valence-corrected chi connectivity index (χ3v) is 3.01. The number of hydrogen-bond donors (Lipinski definition) is 0. The Morgan fingerprint density at radius 3 is 1.85 bits per heavy atom. The van der Waals surface area contributed by atoms with Crippen LogP contribution in [0.1, 0.15) is 53.4 Å². The molecule has 0 bridgehead atoms. The van der Waals surface area contributed by atoms with E-state index in [1.54, 1.807) is 0 Å². The van der Waals surface area contributed by atoms with Crippen LogP contribution in [0.5, 0.6) is 0 Å². The van der Waals surface area contributed by atoms with Gasteiger partial charge in [0.15, 0.2) is 0 Å². The van der Waals surface area contributed by atoms with Crippen LogP contribution >= 0.6 is 0 Å². The van der Waals surface area contributed by atoms with E-state index in [4.69, 9.17) is 0 Å². The molecule has 1 heteroatoms. The van der Waals surface area contributed by atoms with Crippen molar-refractivity contribution in [1.82, 2.24) is 0 Å². The van der Waals surface area contributed by atoms with Crippen LogP contribution in [0.2, 0.25) is 0 Å². The number of halogens is 1. The van der Waals surface area contributed by atoms with Crippen molar-refractivity contribution in [2.24, 2.45) is 17.8 Å². The summed E-state index contributed by atoms with van der Waals surface area (Å²) in [5.41, 5.74) is 0.